The number of nitrogens with zero attached hydrogens (tertiary/aromatic N) is 3. The molecular formula is C25H34BrFN4O2S. The van der Waals surface area contributed by atoms with Crippen LogP contribution in [0.25, 0.3) is 10.9 Å². The molecule has 1 aromatic heterocycles. The fraction of sp³-hybridized carbons (Fsp3) is 0.560. The Labute approximate surface area is 214 Å². The van der Waals surface area contributed by atoms with Crippen molar-refractivity contribution in [3.8, 4) is 6.07 Å². The molecule has 2 aromatic rings. The van der Waals surface area contributed by atoms with Crippen molar-refractivity contribution in [2.45, 2.75) is 77.5 Å². The lowest BCUT2D eigenvalue weighted by Gasteiger charge is -2.25. The average molecular weight is 554 g/mol. The number of ether oxygens (including phenoxy) is 1. The van der Waals surface area contributed by atoms with Gasteiger partial charge in [-0.15, -0.1) is 11.8 Å². The van der Waals surface area contributed by atoms with Gasteiger partial charge in [0.15, 0.2) is 5.82 Å². The molecule has 1 saturated heterocycles. The van der Waals surface area contributed by atoms with Crippen molar-refractivity contribution < 1.29 is 13.9 Å². The van der Waals surface area contributed by atoms with Crippen LogP contribution in [-0.4, -0.2) is 47.0 Å². The van der Waals surface area contributed by atoms with Crippen molar-refractivity contribution in [2.24, 2.45) is 0 Å². The van der Waals surface area contributed by atoms with E-state index in [0.29, 0.717) is 35.8 Å². The van der Waals surface area contributed by atoms with Gasteiger partial charge in [0.25, 0.3) is 0 Å². The number of likely N-dealkylation sites (tertiary alicyclic amines) is 1. The Bertz CT molecular complexity index is 1080. The van der Waals surface area contributed by atoms with Crippen molar-refractivity contribution in [3.63, 3.8) is 0 Å². The molecule has 3 rings (SSSR count). The Balaban J connectivity index is 0.00000199. The lowest BCUT2D eigenvalue weighted by atomic mass is 10.0. The van der Waals surface area contributed by atoms with Gasteiger partial charge in [-0.2, -0.15) is 5.26 Å². The number of nitriles is 1. The first-order chi connectivity index (χ1) is 16.1. The van der Waals surface area contributed by atoms with E-state index in [0.717, 1.165) is 28.3 Å². The van der Waals surface area contributed by atoms with Gasteiger partial charge in [0, 0.05) is 42.2 Å². The van der Waals surface area contributed by atoms with Crippen molar-refractivity contribution in [2.75, 3.05) is 24.7 Å². The molecule has 1 aliphatic heterocycles. The van der Waals surface area contributed by atoms with Crippen molar-refractivity contribution in [3.05, 3.63) is 27.5 Å². The minimum absolute atomic E-state index is 0.00999. The number of nitrogens with one attached hydrogen (secondary N) is 1. The van der Waals surface area contributed by atoms with Crippen LogP contribution in [0, 0.1) is 24.1 Å². The van der Waals surface area contributed by atoms with Gasteiger partial charge < -0.3 is 15.0 Å². The van der Waals surface area contributed by atoms with E-state index in [9.17, 15) is 4.79 Å². The second-order valence-corrected chi connectivity index (χ2v) is 10.5. The summed E-state index contributed by atoms with van der Waals surface area (Å²) in [6, 6.07) is 4.04. The molecule has 0 saturated carbocycles. The monoisotopic (exact) mass is 552 g/mol. The fourth-order valence-corrected chi connectivity index (χ4v) is 4.89. The predicted molar refractivity (Wildman–Crippen MR) is 141 cm³/mol. The number of rotatable bonds is 5. The highest BCUT2D eigenvalue weighted by Gasteiger charge is 2.31. The van der Waals surface area contributed by atoms with E-state index in [1.54, 1.807) is 4.90 Å². The lowest BCUT2D eigenvalue weighted by molar-refractivity contribution is 0.0293. The third kappa shape index (κ3) is 6.54. The Morgan fingerprint density at radius 1 is 1.44 bits per heavy atom. The summed E-state index contributed by atoms with van der Waals surface area (Å²) in [5.41, 5.74) is 2.24. The van der Waals surface area contributed by atoms with Gasteiger partial charge in [-0.05, 0) is 74.4 Å². The van der Waals surface area contributed by atoms with Gasteiger partial charge in [-0.1, -0.05) is 13.8 Å². The van der Waals surface area contributed by atoms with Gasteiger partial charge >= 0.3 is 6.09 Å². The van der Waals surface area contributed by atoms with Crippen LogP contribution >= 0.6 is 27.7 Å². The Morgan fingerprint density at radius 3 is 2.71 bits per heavy atom. The molecule has 0 bridgehead atoms. The number of halogens is 2. The largest absolute Gasteiger partial charge is 0.444 e. The molecule has 1 atom stereocenters. The summed E-state index contributed by atoms with van der Waals surface area (Å²) in [6.07, 6.45) is 3.10. The fourth-order valence-electron chi connectivity index (χ4n) is 3.80. The van der Waals surface area contributed by atoms with Crippen molar-refractivity contribution in [1.82, 2.24) is 9.88 Å². The molecule has 0 spiro atoms. The minimum atomic E-state index is -0.543. The number of carbonyl (C=O) groups excluding carboxylic acids is 1. The van der Waals surface area contributed by atoms with Crippen LogP contribution in [0.5, 0.6) is 0 Å². The summed E-state index contributed by atoms with van der Waals surface area (Å²) in [7, 11) is 0. The molecule has 1 unspecified atom stereocenters. The third-order valence-corrected chi connectivity index (χ3v) is 6.96. The number of benzene rings is 1. The van der Waals surface area contributed by atoms with Gasteiger partial charge in [0.1, 0.15) is 16.1 Å². The smallest absolute Gasteiger partial charge is 0.410 e. The standard InChI is InChI=1S/C23H28BrFN4O2S.C2H6/c1-13-19(27-15-8-10-29(12-15)22(30)31-23(2,3)4)16-11-14(7-6-9-26)17(24)18(25)20(16)28-21(13)32-5;1-2/h11,15H,6-8,10,12H2,1-5H3,(H,27,28);1-2H3. The number of hydrogen-bond donors (Lipinski definition) is 1. The van der Waals surface area contributed by atoms with Crippen LogP contribution in [0.15, 0.2) is 15.6 Å². The third-order valence-electron chi connectivity index (χ3n) is 5.32. The molecule has 6 nitrogen and oxygen atoms in total. The van der Waals surface area contributed by atoms with E-state index in [1.165, 1.54) is 11.8 Å². The van der Waals surface area contributed by atoms with E-state index >= 15 is 4.39 Å². The first-order valence-corrected chi connectivity index (χ1v) is 13.5. The van der Waals surface area contributed by atoms with Crippen LogP contribution in [0.4, 0.5) is 14.9 Å². The van der Waals surface area contributed by atoms with Crippen LogP contribution in [0.3, 0.4) is 0 Å². The van der Waals surface area contributed by atoms with Crippen molar-refractivity contribution >= 4 is 50.4 Å². The van der Waals surface area contributed by atoms with E-state index in [-0.39, 0.29) is 17.7 Å². The first-order valence-electron chi connectivity index (χ1n) is 11.5. The summed E-state index contributed by atoms with van der Waals surface area (Å²) in [4.78, 5) is 18.7. The molecule has 1 aliphatic rings. The topological polar surface area (TPSA) is 78.3 Å². The molecule has 1 N–H and O–H groups in total. The molecule has 1 fully saturated rings. The second-order valence-electron chi connectivity index (χ2n) is 8.90. The molecule has 2 heterocycles. The van der Waals surface area contributed by atoms with Crippen molar-refractivity contribution in [1.29, 1.82) is 5.26 Å². The van der Waals surface area contributed by atoms with Crippen LogP contribution in [0.2, 0.25) is 0 Å². The second kappa shape index (κ2) is 12.1. The van der Waals surface area contributed by atoms with E-state index in [2.05, 4.69) is 32.3 Å². The number of hydrogen-bond acceptors (Lipinski definition) is 6. The summed E-state index contributed by atoms with van der Waals surface area (Å²) >= 11 is 4.81. The number of pyridine rings is 1. The number of aromatic nitrogens is 1. The Kier molecular flexibility index (Phi) is 10.0. The number of carbonyl (C=O) groups is 1. The average Bonchev–Trinajstić information content (AvgIpc) is 3.26. The quantitative estimate of drug-likeness (QED) is 0.399. The van der Waals surface area contributed by atoms with E-state index in [1.807, 2.05) is 53.9 Å². The number of amides is 1. The maximum absolute atomic E-state index is 15.3. The zero-order valence-electron chi connectivity index (χ0n) is 21.0. The number of fused-ring (bicyclic) bond motifs is 1. The van der Waals surface area contributed by atoms with E-state index < -0.39 is 11.4 Å². The van der Waals surface area contributed by atoms with Gasteiger partial charge in [0.05, 0.1) is 10.5 Å². The Morgan fingerprint density at radius 2 is 2.12 bits per heavy atom. The van der Waals surface area contributed by atoms with Crippen LogP contribution < -0.4 is 5.32 Å². The molecule has 0 aliphatic carbocycles. The lowest BCUT2D eigenvalue weighted by Crippen LogP contribution is -2.36. The minimum Gasteiger partial charge on any atom is -0.444 e. The molecule has 1 amide bonds. The molecule has 9 heteroatoms. The molecule has 1 aromatic carbocycles. The van der Waals surface area contributed by atoms with E-state index in [4.69, 9.17) is 10.00 Å². The zero-order chi connectivity index (χ0) is 25.6. The molecular weight excluding hydrogens is 519 g/mol. The number of anilines is 1. The Hall–Kier alpha value is -2.05. The summed E-state index contributed by atoms with van der Waals surface area (Å²) in [6.45, 7) is 12.6. The molecule has 34 heavy (non-hydrogen) atoms. The SMILES string of the molecule is CC.CSc1nc2c(F)c(Br)c(CCC#N)cc2c(NC2CCN(C(=O)OC(C)(C)C)C2)c1C. The summed E-state index contributed by atoms with van der Waals surface area (Å²) < 4.78 is 21.1. The van der Waals surface area contributed by atoms with Crippen LogP contribution in [0.1, 0.15) is 58.6 Å². The highest BCUT2D eigenvalue weighted by molar-refractivity contribution is 9.10. The predicted octanol–water partition coefficient (Wildman–Crippen LogP) is 7.07. The first kappa shape index (κ1) is 28.2. The normalized spacial score (nSPS) is 15.5. The molecule has 186 valence electrons. The number of thioether (sulfide) groups is 1. The van der Waals surface area contributed by atoms with Crippen LogP contribution in [-0.2, 0) is 11.2 Å². The maximum Gasteiger partial charge on any atom is 0.410 e. The van der Waals surface area contributed by atoms with Gasteiger partial charge in [-0.25, -0.2) is 14.2 Å². The summed E-state index contributed by atoms with van der Waals surface area (Å²) in [5, 5.41) is 14.0. The summed E-state index contributed by atoms with van der Waals surface area (Å²) in [5.74, 6) is -0.421. The highest BCUT2D eigenvalue weighted by Crippen LogP contribution is 2.38. The zero-order valence-corrected chi connectivity index (χ0v) is 23.4. The maximum atomic E-state index is 15.3. The van der Waals surface area contributed by atoms with Gasteiger partial charge in [-0.3, -0.25) is 0 Å². The highest BCUT2D eigenvalue weighted by atomic mass is 79.9. The molecule has 0 radical (unpaired) electrons. The number of aryl methyl sites for hydroxylation is 1. The van der Waals surface area contributed by atoms with Gasteiger partial charge in [0.2, 0.25) is 0 Å².